The fraction of sp³-hybridized carbons (Fsp3) is 0.357. The van der Waals surface area contributed by atoms with Crippen LogP contribution in [0.2, 0.25) is 0 Å². The van der Waals surface area contributed by atoms with Gasteiger partial charge in [-0.3, -0.25) is 0 Å². The molecule has 0 spiro atoms. The molecule has 3 nitrogen and oxygen atoms in total. The van der Waals surface area contributed by atoms with Crippen LogP contribution in [-0.4, -0.2) is 12.0 Å². The summed E-state index contributed by atoms with van der Waals surface area (Å²) in [7, 11) is 1.96. The highest BCUT2D eigenvalue weighted by Gasteiger charge is 2.04. The Labute approximate surface area is 112 Å². The molecule has 0 saturated carbocycles. The van der Waals surface area contributed by atoms with Crippen LogP contribution < -0.4 is 10.1 Å². The van der Waals surface area contributed by atoms with E-state index in [-0.39, 0.29) is 0 Å². The Bertz CT molecular complexity index is 510. The molecule has 2 aromatic rings. The van der Waals surface area contributed by atoms with Gasteiger partial charge < -0.3 is 10.1 Å². The molecule has 0 saturated heterocycles. The zero-order valence-electron chi connectivity index (χ0n) is 10.9. The largest absolute Gasteiger partial charge is 0.488 e. The Balaban J connectivity index is 2.01. The van der Waals surface area contributed by atoms with Gasteiger partial charge in [0, 0.05) is 12.2 Å². The van der Waals surface area contributed by atoms with Gasteiger partial charge >= 0.3 is 0 Å². The van der Waals surface area contributed by atoms with Gasteiger partial charge in [0.15, 0.2) is 0 Å². The molecule has 0 bridgehead atoms. The fourth-order valence-corrected chi connectivity index (χ4v) is 2.37. The number of nitrogens with one attached hydrogen (secondary N) is 1. The molecule has 18 heavy (non-hydrogen) atoms. The van der Waals surface area contributed by atoms with E-state index in [1.54, 1.807) is 11.3 Å². The maximum absolute atomic E-state index is 5.78. The van der Waals surface area contributed by atoms with Crippen molar-refractivity contribution in [3.8, 4) is 5.75 Å². The van der Waals surface area contributed by atoms with Gasteiger partial charge in [-0.15, -0.1) is 11.3 Å². The number of aromatic nitrogens is 1. The van der Waals surface area contributed by atoms with Crippen molar-refractivity contribution in [3.05, 3.63) is 45.9 Å². The summed E-state index contributed by atoms with van der Waals surface area (Å²) in [5, 5.41) is 4.30. The van der Waals surface area contributed by atoms with Gasteiger partial charge in [0.1, 0.15) is 12.4 Å². The molecule has 0 aliphatic carbocycles. The number of hydrogen-bond acceptors (Lipinski definition) is 4. The van der Waals surface area contributed by atoms with E-state index >= 15 is 0 Å². The summed E-state index contributed by atoms with van der Waals surface area (Å²) >= 11 is 1.67. The molecule has 0 aliphatic rings. The van der Waals surface area contributed by atoms with Crippen LogP contribution in [0.25, 0.3) is 0 Å². The highest BCUT2D eigenvalue weighted by Crippen LogP contribution is 2.21. The number of rotatable bonds is 5. The van der Waals surface area contributed by atoms with Crippen molar-refractivity contribution in [3.63, 3.8) is 0 Å². The number of aryl methyl sites for hydroxylation is 1. The summed E-state index contributed by atoms with van der Waals surface area (Å²) in [5.74, 6) is 0.903. The topological polar surface area (TPSA) is 34.1 Å². The fourth-order valence-electron chi connectivity index (χ4n) is 1.67. The first-order chi connectivity index (χ1) is 8.69. The minimum Gasteiger partial charge on any atom is -0.488 e. The van der Waals surface area contributed by atoms with Crippen LogP contribution in [0.5, 0.6) is 5.75 Å². The van der Waals surface area contributed by atoms with Crippen LogP contribution in [0.1, 0.15) is 28.4 Å². The second kappa shape index (κ2) is 5.98. The Morgan fingerprint density at radius 2 is 2.28 bits per heavy atom. The van der Waals surface area contributed by atoms with Crippen LogP contribution >= 0.6 is 11.3 Å². The van der Waals surface area contributed by atoms with Gasteiger partial charge in [-0.25, -0.2) is 4.98 Å². The van der Waals surface area contributed by atoms with E-state index in [9.17, 15) is 0 Å². The average molecular weight is 262 g/mol. The Kier molecular flexibility index (Phi) is 4.33. The molecule has 1 atom stereocenters. The van der Waals surface area contributed by atoms with Crippen molar-refractivity contribution in [2.24, 2.45) is 0 Å². The number of thiazole rings is 1. The van der Waals surface area contributed by atoms with E-state index in [1.165, 1.54) is 5.56 Å². The Morgan fingerprint density at radius 1 is 1.44 bits per heavy atom. The van der Waals surface area contributed by atoms with Crippen molar-refractivity contribution >= 4 is 11.3 Å². The van der Waals surface area contributed by atoms with Crippen LogP contribution in [-0.2, 0) is 6.61 Å². The third-order valence-electron chi connectivity index (χ3n) is 2.84. The monoisotopic (exact) mass is 262 g/mol. The second-order valence-electron chi connectivity index (χ2n) is 4.22. The van der Waals surface area contributed by atoms with E-state index in [1.807, 2.05) is 32.3 Å². The lowest BCUT2D eigenvalue weighted by atomic mass is 10.1. The van der Waals surface area contributed by atoms with Crippen molar-refractivity contribution in [2.75, 3.05) is 7.05 Å². The minimum absolute atomic E-state index is 0.333. The molecule has 1 aromatic heterocycles. The maximum Gasteiger partial charge on any atom is 0.124 e. The molecule has 1 N–H and O–H groups in total. The number of hydrogen-bond donors (Lipinski definition) is 1. The van der Waals surface area contributed by atoms with E-state index in [2.05, 4.69) is 29.4 Å². The number of benzene rings is 1. The maximum atomic E-state index is 5.78. The third-order valence-corrected chi connectivity index (χ3v) is 3.73. The van der Waals surface area contributed by atoms with Crippen molar-refractivity contribution in [1.82, 2.24) is 10.3 Å². The smallest absolute Gasteiger partial charge is 0.124 e. The van der Waals surface area contributed by atoms with Crippen molar-refractivity contribution < 1.29 is 4.74 Å². The molecule has 0 fully saturated rings. The lowest BCUT2D eigenvalue weighted by Gasteiger charge is -2.12. The molecule has 1 aromatic carbocycles. The molecule has 2 rings (SSSR count). The molecule has 4 heteroatoms. The number of ether oxygens (including phenoxy) is 1. The van der Waals surface area contributed by atoms with Crippen molar-refractivity contribution in [2.45, 2.75) is 26.5 Å². The minimum atomic E-state index is 0.333. The van der Waals surface area contributed by atoms with Gasteiger partial charge in [0.2, 0.25) is 0 Å². The zero-order chi connectivity index (χ0) is 13.0. The van der Waals surface area contributed by atoms with E-state index in [4.69, 9.17) is 4.74 Å². The van der Waals surface area contributed by atoms with E-state index in [0.717, 1.165) is 15.6 Å². The summed E-state index contributed by atoms with van der Waals surface area (Å²) in [5.41, 5.74) is 1.23. The van der Waals surface area contributed by atoms with Gasteiger partial charge in [-0.05, 0) is 38.6 Å². The molecule has 1 unspecified atom stereocenters. The lowest BCUT2D eigenvalue weighted by molar-refractivity contribution is 0.309. The Morgan fingerprint density at radius 3 is 2.94 bits per heavy atom. The second-order valence-corrected chi connectivity index (χ2v) is 5.54. The SMILES string of the molecule is CNC(C)c1cccc(OCc2cnc(C)s2)c1. The average Bonchev–Trinajstić information content (AvgIpc) is 2.81. The standard InChI is InChI=1S/C14H18N2OS/c1-10(15-3)12-5-4-6-13(7-12)17-9-14-8-16-11(2)18-14/h4-8,10,15H,9H2,1-3H3. The molecular formula is C14H18N2OS. The predicted octanol–water partition coefficient (Wildman–Crippen LogP) is 3.31. The van der Waals surface area contributed by atoms with Gasteiger partial charge in [0.25, 0.3) is 0 Å². The molecule has 96 valence electrons. The normalized spacial score (nSPS) is 12.4. The van der Waals surface area contributed by atoms with Crippen molar-refractivity contribution in [1.29, 1.82) is 0 Å². The third kappa shape index (κ3) is 3.31. The first-order valence-electron chi connectivity index (χ1n) is 6.00. The van der Waals surface area contributed by atoms with Crippen LogP contribution in [0, 0.1) is 6.92 Å². The molecule has 1 heterocycles. The van der Waals surface area contributed by atoms with E-state index < -0.39 is 0 Å². The highest BCUT2D eigenvalue weighted by molar-refractivity contribution is 7.11. The summed E-state index contributed by atoms with van der Waals surface area (Å²) < 4.78 is 5.78. The molecule has 0 amide bonds. The van der Waals surface area contributed by atoms with Gasteiger partial charge in [0.05, 0.1) is 9.88 Å². The van der Waals surface area contributed by atoms with Gasteiger partial charge in [-0.1, -0.05) is 12.1 Å². The van der Waals surface area contributed by atoms with Gasteiger partial charge in [-0.2, -0.15) is 0 Å². The highest BCUT2D eigenvalue weighted by atomic mass is 32.1. The summed E-state index contributed by atoms with van der Waals surface area (Å²) in [6.07, 6.45) is 1.88. The zero-order valence-corrected chi connectivity index (χ0v) is 11.8. The lowest BCUT2D eigenvalue weighted by Crippen LogP contribution is -2.12. The van der Waals surface area contributed by atoms with Crippen LogP contribution in [0.15, 0.2) is 30.5 Å². The molecule has 0 radical (unpaired) electrons. The molecular weight excluding hydrogens is 244 g/mol. The Hall–Kier alpha value is -1.39. The van der Waals surface area contributed by atoms with E-state index in [0.29, 0.717) is 12.6 Å². The summed E-state index contributed by atoms with van der Waals surface area (Å²) in [6, 6.07) is 8.52. The summed E-state index contributed by atoms with van der Waals surface area (Å²) in [6.45, 7) is 4.72. The summed E-state index contributed by atoms with van der Waals surface area (Å²) in [4.78, 5) is 5.37. The molecule has 0 aliphatic heterocycles. The quantitative estimate of drug-likeness (QED) is 0.897. The predicted molar refractivity (Wildman–Crippen MR) is 75.1 cm³/mol. The number of nitrogens with zero attached hydrogens (tertiary/aromatic N) is 1. The van der Waals surface area contributed by atoms with Crippen LogP contribution in [0.3, 0.4) is 0 Å². The first-order valence-corrected chi connectivity index (χ1v) is 6.82. The first kappa shape index (κ1) is 13.1. The van der Waals surface area contributed by atoms with Crippen LogP contribution in [0.4, 0.5) is 0 Å².